The maximum Gasteiger partial charge on any atom is 1.00 e. The van der Waals surface area contributed by atoms with E-state index in [1.54, 1.807) is 36.7 Å². The van der Waals surface area contributed by atoms with Gasteiger partial charge in [0.05, 0.1) is 39.7 Å². The van der Waals surface area contributed by atoms with Crippen molar-refractivity contribution in [1.29, 1.82) is 5.26 Å². The number of benzene rings is 5. The molecule has 0 saturated carbocycles. The van der Waals surface area contributed by atoms with E-state index < -0.39 is 6.99 Å². The Morgan fingerprint density at radius 1 is 0.254 bits per heavy atom. The van der Waals surface area contributed by atoms with E-state index in [2.05, 4.69) is 133 Å². The van der Waals surface area contributed by atoms with Crippen LogP contribution in [0.5, 0.6) is 0 Å². The molecule has 22 aromatic rings. The van der Waals surface area contributed by atoms with E-state index in [0.29, 0.717) is 35.5 Å². The number of imidazole rings is 1. The van der Waals surface area contributed by atoms with Crippen molar-refractivity contribution in [3.63, 3.8) is 0 Å². The van der Waals surface area contributed by atoms with Crippen LogP contribution in [0.4, 0.5) is 4.32 Å². The second-order valence-corrected chi connectivity index (χ2v) is 32.0. The minimum atomic E-state index is -1.34. The van der Waals surface area contributed by atoms with Gasteiger partial charge in [-0.25, -0.2) is 0 Å². The molecule has 0 bridgehead atoms. The fraction of sp³-hybridized carbons (Fsp3) is 0.0870. The molecule has 0 aliphatic rings. The van der Waals surface area contributed by atoms with Crippen LogP contribution in [0.25, 0.3) is 112 Å². The standard InChI is InChI=1S/C25H18N3.C20H16N3.C19H15N4.C18H16N2.C16H13BFN3.C16H14N3.CN.6Cu/c1-2-8-18(9-3-1)22-14-6-11-20(26-22)17-21-12-7-15-24(27-21)25-16-19-10-4-5-13-23(19)28-25;1-14-6-4-8-16(21-14)13-17-9-5-11-19(22-17)20-12-15-7-2-3-10-18(15)23-20;1-13-6-4-7-14(20-13)12-15-8-5-11-18(21-15)19-22-16-9-2-3-10-17(16)23-19;1-14-7-5-10-16(19-14)13-17-11-6-12-18(20-17)15-8-3-2-4-9-15;1-12-6-4-9-15(20-12)17(18)16-10-5-8-14(21-16)13-7-2-3-11-19-13;1-12-5-2-6-13(18-12)11-14-7-3-8-16(19-14)15-9-4-10-17-15;1-2;;;;;;/h1-16H,17H2;2-12H,13H2,1H3;2-11H,12H2,1H3;2-12H,13H2,1H3;2-11H,1H3;2-10H,11H2,1H3;;;;;;;/q3*-1;;;2*-1;;5*+1. The molecule has 0 aliphatic heterocycles. The van der Waals surface area contributed by atoms with Gasteiger partial charge >= 0.3 is 92.3 Å². The van der Waals surface area contributed by atoms with Gasteiger partial charge < -0.3 is 41.1 Å². The molecule has 0 aliphatic carbocycles. The van der Waals surface area contributed by atoms with Gasteiger partial charge in [-0.15, -0.1) is 28.1 Å². The van der Waals surface area contributed by atoms with Crippen LogP contribution in [-0.4, -0.2) is 76.8 Å². The van der Waals surface area contributed by atoms with Gasteiger partial charge in [-0.2, -0.15) is 6.20 Å². The van der Waals surface area contributed by atoms with E-state index in [0.717, 1.165) is 206 Å². The third kappa shape index (κ3) is 31.2. The Bertz CT molecular complexity index is 7450. The van der Waals surface area contributed by atoms with Gasteiger partial charge in [0.15, 0.2) is 0 Å². The Balaban J connectivity index is 0.000000174. The van der Waals surface area contributed by atoms with Crippen LogP contribution in [0.15, 0.2) is 407 Å². The Morgan fingerprint density at radius 3 is 0.944 bits per heavy atom. The average Bonchev–Trinajstić information content (AvgIpc) is 1.67. The zero-order chi connectivity index (χ0) is 93.6. The molecule has 17 heterocycles. The maximum atomic E-state index is 14.6. The fourth-order valence-corrected chi connectivity index (χ4v) is 15.2. The number of pyridine rings is 13. The van der Waals surface area contributed by atoms with Gasteiger partial charge in [0.2, 0.25) is 0 Å². The number of aromatic nitrogens is 18. The van der Waals surface area contributed by atoms with Gasteiger partial charge in [0.25, 0.3) is 0 Å². The summed E-state index contributed by atoms with van der Waals surface area (Å²) in [4.78, 5) is 82.2. The monoisotopic (exact) mass is 2150 g/mol. The van der Waals surface area contributed by atoms with Crippen LogP contribution in [0.1, 0.15) is 85.4 Å². The summed E-state index contributed by atoms with van der Waals surface area (Å²) < 4.78 is 14.6. The molecule has 142 heavy (non-hydrogen) atoms. The van der Waals surface area contributed by atoms with Crippen molar-refractivity contribution in [2.75, 3.05) is 0 Å². The summed E-state index contributed by atoms with van der Waals surface area (Å²) in [5.41, 5.74) is 31.5. The molecule has 723 valence electrons. The second kappa shape index (κ2) is 55.5. The van der Waals surface area contributed by atoms with Gasteiger partial charge in [-0.05, 0) is 220 Å². The van der Waals surface area contributed by atoms with Gasteiger partial charge in [-0.3, -0.25) is 64.8 Å². The summed E-state index contributed by atoms with van der Waals surface area (Å²) in [6.45, 7) is 13.3. The molecule has 0 atom stereocenters. The van der Waals surface area contributed by atoms with E-state index in [4.69, 9.17) is 41.7 Å². The van der Waals surface area contributed by atoms with Crippen molar-refractivity contribution in [2.45, 2.75) is 66.7 Å². The molecule has 27 heteroatoms. The third-order valence-electron chi connectivity index (χ3n) is 21.5. The molecule has 0 saturated heterocycles. The molecule has 0 N–H and O–H groups in total. The number of hydrogen-bond acceptors (Lipinski definition) is 15. The van der Waals surface area contributed by atoms with Crippen LogP contribution in [0, 0.1) is 46.5 Å². The maximum absolute atomic E-state index is 14.6. The first-order valence-corrected chi connectivity index (χ1v) is 44.6. The fourth-order valence-electron chi connectivity index (χ4n) is 15.2. The number of aryl methyl sites for hydroxylation is 5. The summed E-state index contributed by atoms with van der Waals surface area (Å²) in [5, 5.41) is 8.54. The van der Waals surface area contributed by atoms with Crippen LogP contribution in [0.3, 0.4) is 0 Å². The van der Waals surface area contributed by atoms with E-state index in [-0.39, 0.29) is 102 Å². The normalized spacial score (nSPS) is 10.2. The zero-order valence-electron chi connectivity index (χ0n) is 77.5. The molecule has 0 spiro atoms. The Hall–Kier alpha value is -14.5. The van der Waals surface area contributed by atoms with Crippen molar-refractivity contribution in [1.82, 2.24) is 89.7 Å². The molecule has 19 nitrogen and oxygen atoms in total. The van der Waals surface area contributed by atoms with Crippen molar-refractivity contribution in [2.24, 2.45) is 0 Å². The van der Waals surface area contributed by atoms with Crippen molar-refractivity contribution < 1.29 is 107 Å². The van der Waals surface area contributed by atoms with Crippen molar-refractivity contribution in [3.05, 3.63) is 499 Å². The van der Waals surface area contributed by atoms with Crippen molar-refractivity contribution >= 4 is 51.0 Å². The predicted molar refractivity (Wildman–Crippen MR) is 539 cm³/mol. The number of halogens is 1. The van der Waals surface area contributed by atoms with Crippen LogP contribution in [0.2, 0.25) is 0 Å². The van der Waals surface area contributed by atoms with E-state index in [9.17, 15) is 4.32 Å². The summed E-state index contributed by atoms with van der Waals surface area (Å²) >= 11 is 0. The van der Waals surface area contributed by atoms with Gasteiger partial charge in [0, 0.05) is 169 Å². The topological polar surface area (TPSA) is 261 Å². The molecule has 17 aromatic heterocycles. The van der Waals surface area contributed by atoms with E-state index in [1.807, 2.05) is 332 Å². The smallest absolute Gasteiger partial charge is 0.662 e. The first-order chi connectivity index (χ1) is 66.8. The molecule has 5 aromatic carbocycles. The van der Waals surface area contributed by atoms with Crippen molar-refractivity contribution in [3.8, 4) is 79.6 Å². The first kappa shape index (κ1) is 109. The van der Waals surface area contributed by atoms with E-state index >= 15 is 0 Å². The van der Waals surface area contributed by atoms with E-state index in [1.165, 1.54) is 0 Å². The number of fused-ring (bicyclic) bond motifs is 3. The molecule has 1 radical (unpaired) electrons. The molecular weight excluding hydrogens is 2060 g/mol. The van der Waals surface area contributed by atoms with Gasteiger partial charge in [0.1, 0.15) is 0 Å². The molecule has 22 rings (SSSR count). The Morgan fingerprint density at radius 2 is 0.563 bits per heavy atom. The first-order valence-electron chi connectivity index (χ1n) is 44.6. The average molecular weight is 2150 g/mol. The Kier molecular flexibility index (Phi) is 42.8. The summed E-state index contributed by atoms with van der Waals surface area (Å²) in [5.74, 6) is 0.672. The molecule has 0 amide bonds. The third-order valence-corrected chi connectivity index (χ3v) is 21.5. The number of hydrogen-bond donors (Lipinski definition) is 0. The minimum Gasteiger partial charge on any atom is -0.662 e. The molecule has 0 unspecified atom stereocenters. The molecular formula is C115H92BCu6FN19. The summed E-state index contributed by atoms with van der Waals surface area (Å²) in [6.07, 6.45) is 7.11. The number of rotatable bonds is 19. The SMILES string of the molecule is Cc1cccc(B(F)c2cccc(-c3ccccn3)n2)n1.Cc1cccc(Cc2cccc(-c3cc4ccccc4[n-]3)n2)n1.Cc1cccc(Cc2cccc(-c3ccc[n-]3)n2)n1.Cc1cccc(Cc2cccc(-c3ccccc3)n2)n1.Cc1cccc(Cc2cccc(-c3nc4ccccc4[n-]3)n2)n1.[C-]#N.[Cu+].[Cu+].[Cu+].[Cu+].[Cu+].[Cu].c1ccc(-c2cccc(Cc3cccc(-c4cc5ccccc5[n-]4)n3)n2)cc1. The summed E-state index contributed by atoms with van der Waals surface area (Å²) in [6, 6.07) is 130. The quantitative estimate of drug-likeness (QED) is 0.0538. The number of para-hydroxylation sites is 4. The van der Waals surface area contributed by atoms with Crippen LogP contribution < -0.4 is 31.1 Å². The predicted octanol–water partition coefficient (Wildman–Crippen LogP) is 22.3. The minimum absolute atomic E-state index is 0. The number of nitrogens with zero attached hydrogens (tertiary/aromatic N) is 19. The summed E-state index contributed by atoms with van der Waals surface area (Å²) in [7, 11) is 0. The Labute approximate surface area is 889 Å². The van der Waals surface area contributed by atoms with Gasteiger partial charge in [-0.1, -0.05) is 237 Å². The zero-order valence-corrected chi connectivity index (χ0v) is 83.1. The van der Waals surface area contributed by atoms with Crippen LogP contribution in [-0.2, 0) is 135 Å². The largest absolute Gasteiger partial charge is 1.00 e. The second-order valence-electron chi connectivity index (χ2n) is 32.0. The molecule has 0 fully saturated rings. The van der Waals surface area contributed by atoms with Crippen LogP contribution >= 0.6 is 0 Å².